The molecule has 1 aromatic carbocycles. The fourth-order valence-corrected chi connectivity index (χ4v) is 1.60. The maximum Gasteiger partial charge on any atom is 0.134 e. The summed E-state index contributed by atoms with van der Waals surface area (Å²) in [7, 11) is 0. The van der Waals surface area contributed by atoms with Crippen LogP contribution in [-0.2, 0) is 6.42 Å². The van der Waals surface area contributed by atoms with Crippen LogP contribution in [0, 0.1) is 5.92 Å². The molecule has 0 unspecified atom stereocenters. The van der Waals surface area contributed by atoms with Crippen molar-refractivity contribution < 1.29 is 4.42 Å². The number of furan rings is 1. The summed E-state index contributed by atoms with van der Waals surface area (Å²) in [4.78, 5) is 0. The first-order valence-corrected chi connectivity index (χ1v) is 4.72. The zero-order chi connectivity index (χ0) is 9.26. The second kappa shape index (κ2) is 3.25. The van der Waals surface area contributed by atoms with E-state index in [1.165, 1.54) is 10.9 Å². The van der Waals surface area contributed by atoms with Gasteiger partial charge in [0.2, 0.25) is 0 Å². The highest BCUT2D eigenvalue weighted by atomic mass is 16.3. The van der Waals surface area contributed by atoms with Crippen molar-refractivity contribution in [3.8, 4) is 0 Å². The van der Waals surface area contributed by atoms with Gasteiger partial charge >= 0.3 is 0 Å². The molecule has 0 radical (unpaired) electrons. The maximum atomic E-state index is 5.34. The summed E-state index contributed by atoms with van der Waals surface area (Å²) in [5, 5.41) is 1.19. The summed E-state index contributed by atoms with van der Waals surface area (Å²) >= 11 is 0. The molecule has 68 valence electrons. The van der Waals surface area contributed by atoms with E-state index in [9.17, 15) is 0 Å². The quantitative estimate of drug-likeness (QED) is 0.677. The molecule has 2 rings (SSSR count). The van der Waals surface area contributed by atoms with Crippen molar-refractivity contribution in [2.75, 3.05) is 0 Å². The number of hydrogen-bond acceptors (Lipinski definition) is 1. The summed E-state index contributed by atoms with van der Waals surface area (Å²) in [5.74, 6) is 0.701. The highest BCUT2D eigenvalue weighted by Crippen LogP contribution is 2.18. The average Bonchev–Trinajstić information content (AvgIpc) is 2.49. The van der Waals surface area contributed by atoms with Gasteiger partial charge in [-0.3, -0.25) is 0 Å². The summed E-state index contributed by atoms with van der Waals surface area (Å²) < 4.78 is 5.34. The predicted molar refractivity (Wildman–Crippen MR) is 54.8 cm³/mol. The van der Waals surface area contributed by atoms with Crippen molar-refractivity contribution >= 4 is 11.0 Å². The van der Waals surface area contributed by atoms with Crippen molar-refractivity contribution in [3.05, 3.63) is 36.1 Å². The van der Waals surface area contributed by atoms with Crippen LogP contribution in [0.25, 0.3) is 11.0 Å². The highest BCUT2D eigenvalue weighted by Gasteiger charge is 2.00. The van der Waals surface area contributed by atoms with E-state index in [2.05, 4.69) is 32.0 Å². The normalized spacial score (nSPS) is 11.3. The third kappa shape index (κ3) is 1.74. The van der Waals surface area contributed by atoms with Crippen LogP contribution >= 0.6 is 0 Å². The smallest absolute Gasteiger partial charge is 0.134 e. The molecule has 0 aliphatic carbocycles. The van der Waals surface area contributed by atoms with Crippen LogP contribution in [-0.4, -0.2) is 0 Å². The van der Waals surface area contributed by atoms with E-state index in [4.69, 9.17) is 4.42 Å². The molecule has 0 fully saturated rings. The third-order valence-electron chi connectivity index (χ3n) is 2.16. The molecule has 0 aliphatic heterocycles. The minimum atomic E-state index is 0.701. The first kappa shape index (κ1) is 8.36. The molecule has 13 heavy (non-hydrogen) atoms. The molecule has 0 amide bonds. The Kier molecular flexibility index (Phi) is 2.09. The largest absolute Gasteiger partial charge is 0.464 e. The highest BCUT2D eigenvalue weighted by molar-refractivity contribution is 5.77. The van der Waals surface area contributed by atoms with Gasteiger partial charge in [0, 0.05) is 5.39 Å². The van der Waals surface area contributed by atoms with Gasteiger partial charge in [-0.25, -0.2) is 0 Å². The number of benzene rings is 1. The Morgan fingerprint density at radius 1 is 1.23 bits per heavy atom. The van der Waals surface area contributed by atoms with Crippen molar-refractivity contribution in [2.24, 2.45) is 5.92 Å². The molecule has 1 aromatic heterocycles. The van der Waals surface area contributed by atoms with Gasteiger partial charge in [-0.2, -0.15) is 0 Å². The topological polar surface area (TPSA) is 13.1 Å². The lowest BCUT2D eigenvalue weighted by Crippen LogP contribution is -1.92. The van der Waals surface area contributed by atoms with Gasteiger partial charge in [-0.05, 0) is 30.0 Å². The van der Waals surface area contributed by atoms with E-state index in [-0.39, 0.29) is 0 Å². The maximum absolute atomic E-state index is 5.34. The monoisotopic (exact) mass is 174 g/mol. The van der Waals surface area contributed by atoms with E-state index in [1.807, 2.05) is 6.07 Å². The lowest BCUT2D eigenvalue weighted by molar-refractivity contribution is 0.612. The zero-order valence-corrected chi connectivity index (χ0v) is 8.08. The van der Waals surface area contributed by atoms with Crippen LogP contribution in [0.3, 0.4) is 0 Å². The number of fused-ring (bicyclic) bond motifs is 1. The minimum absolute atomic E-state index is 0.701. The molecule has 1 nitrogen and oxygen atoms in total. The molecule has 1 heteroatoms. The Balaban J connectivity index is 2.37. The van der Waals surface area contributed by atoms with Crippen molar-refractivity contribution in [2.45, 2.75) is 20.3 Å². The van der Waals surface area contributed by atoms with Crippen LogP contribution in [0.5, 0.6) is 0 Å². The van der Waals surface area contributed by atoms with E-state index < -0.39 is 0 Å². The van der Waals surface area contributed by atoms with Crippen LogP contribution in [0.15, 0.2) is 34.9 Å². The molecule has 0 saturated carbocycles. The van der Waals surface area contributed by atoms with Gasteiger partial charge in [-0.15, -0.1) is 0 Å². The molecule has 0 bridgehead atoms. The first-order valence-electron chi connectivity index (χ1n) is 4.72. The van der Waals surface area contributed by atoms with Gasteiger partial charge in [0.15, 0.2) is 0 Å². The van der Waals surface area contributed by atoms with Crippen LogP contribution in [0.4, 0.5) is 0 Å². The molecule has 0 atom stereocenters. The van der Waals surface area contributed by atoms with Gasteiger partial charge in [0.25, 0.3) is 0 Å². The summed E-state index contributed by atoms with van der Waals surface area (Å²) in [6.07, 6.45) is 2.86. The van der Waals surface area contributed by atoms with Crippen molar-refractivity contribution in [1.82, 2.24) is 0 Å². The van der Waals surface area contributed by atoms with Gasteiger partial charge < -0.3 is 4.42 Å². The predicted octanol–water partition coefficient (Wildman–Crippen LogP) is 3.63. The Hall–Kier alpha value is -1.24. The second-order valence-corrected chi connectivity index (χ2v) is 3.89. The fourth-order valence-electron chi connectivity index (χ4n) is 1.60. The molecule has 0 spiro atoms. The van der Waals surface area contributed by atoms with Gasteiger partial charge in [0.05, 0.1) is 6.26 Å². The minimum Gasteiger partial charge on any atom is -0.464 e. The lowest BCUT2D eigenvalue weighted by atomic mass is 10.0. The Morgan fingerprint density at radius 2 is 2.08 bits per heavy atom. The Morgan fingerprint density at radius 3 is 2.85 bits per heavy atom. The second-order valence-electron chi connectivity index (χ2n) is 3.89. The number of rotatable bonds is 2. The summed E-state index contributed by atoms with van der Waals surface area (Å²) in [6.45, 7) is 4.46. The first-order chi connectivity index (χ1) is 6.25. The zero-order valence-electron chi connectivity index (χ0n) is 8.08. The van der Waals surface area contributed by atoms with Crippen LogP contribution in [0.1, 0.15) is 19.4 Å². The molecule has 0 N–H and O–H groups in total. The average molecular weight is 174 g/mol. The standard InChI is InChI=1S/C12H14O/c1-9(2)7-10-3-4-11-5-6-13-12(11)8-10/h3-6,8-9H,7H2,1-2H3. The molecule has 1 heterocycles. The van der Waals surface area contributed by atoms with E-state index in [0.717, 1.165) is 12.0 Å². The Bertz CT molecular complexity index is 398. The van der Waals surface area contributed by atoms with Crippen molar-refractivity contribution in [1.29, 1.82) is 0 Å². The van der Waals surface area contributed by atoms with Crippen molar-refractivity contribution in [3.63, 3.8) is 0 Å². The summed E-state index contributed by atoms with van der Waals surface area (Å²) in [5.41, 5.74) is 2.36. The molecule has 0 aliphatic rings. The van der Waals surface area contributed by atoms with E-state index >= 15 is 0 Å². The van der Waals surface area contributed by atoms with Gasteiger partial charge in [-0.1, -0.05) is 26.0 Å². The van der Waals surface area contributed by atoms with Gasteiger partial charge in [0.1, 0.15) is 5.58 Å². The molecule has 0 saturated heterocycles. The fraction of sp³-hybridized carbons (Fsp3) is 0.333. The number of hydrogen-bond donors (Lipinski definition) is 0. The van der Waals surface area contributed by atoms with Crippen LogP contribution in [0.2, 0.25) is 0 Å². The SMILES string of the molecule is CC(C)Cc1ccc2ccoc2c1. The van der Waals surface area contributed by atoms with Crippen LogP contribution < -0.4 is 0 Å². The van der Waals surface area contributed by atoms with E-state index in [0.29, 0.717) is 5.92 Å². The Labute approximate surface area is 78.4 Å². The summed E-state index contributed by atoms with van der Waals surface area (Å²) in [6, 6.07) is 8.43. The third-order valence-corrected chi connectivity index (χ3v) is 2.16. The molecular formula is C12H14O. The lowest BCUT2D eigenvalue weighted by Gasteiger charge is -2.03. The molecule has 2 aromatic rings. The molecular weight excluding hydrogens is 160 g/mol. The van der Waals surface area contributed by atoms with E-state index in [1.54, 1.807) is 6.26 Å².